The lowest BCUT2D eigenvalue weighted by Gasteiger charge is -2.11. The molecular weight excluding hydrogens is 434 g/mol. The van der Waals surface area contributed by atoms with E-state index in [1.54, 1.807) is 24.3 Å². The van der Waals surface area contributed by atoms with Crippen molar-refractivity contribution < 1.29 is 9.53 Å². The number of hydrogen-bond donors (Lipinski definition) is 1. The van der Waals surface area contributed by atoms with Crippen LogP contribution in [0, 0.1) is 13.8 Å². The highest BCUT2D eigenvalue weighted by atomic mass is 35.5. The van der Waals surface area contributed by atoms with E-state index in [-0.39, 0.29) is 5.91 Å². The van der Waals surface area contributed by atoms with E-state index < -0.39 is 0 Å². The molecule has 1 aromatic heterocycles. The monoisotopic (exact) mass is 461 g/mol. The standard InChI is InChI=1S/C27H28ClN3O2/c1-19-14-20(2)16-23(15-19)33-13-6-5-12-31-25-11-4-3-10-24(25)30-26(31)18-29-27(32)21-8-7-9-22(28)17-21/h3-4,7-11,14-17H,5-6,12-13,18H2,1-2H3,(H,29,32). The summed E-state index contributed by atoms with van der Waals surface area (Å²) in [7, 11) is 0. The fourth-order valence-corrected chi connectivity index (χ4v) is 4.17. The van der Waals surface area contributed by atoms with E-state index >= 15 is 0 Å². The van der Waals surface area contributed by atoms with Gasteiger partial charge in [-0.2, -0.15) is 0 Å². The molecule has 3 aromatic carbocycles. The number of carbonyl (C=O) groups excluding carboxylic acids is 1. The minimum Gasteiger partial charge on any atom is -0.494 e. The average molecular weight is 462 g/mol. The minimum atomic E-state index is -0.169. The van der Waals surface area contributed by atoms with E-state index in [2.05, 4.69) is 48.0 Å². The molecule has 0 aliphatic rings. The third-order valence-corrected chi connectivity index (χ3v) is 5.70. The number of fused-ring (bicyclic) bond motifs is 1. The lowest BCUT2D eigenvalue weighted by atomic mass is 10.1. The Hall–Kier alpha value is -3.31. The largest absolute Gasteiger partial charge is 0.494 e. The van der Waals surface area contributed by atoms with Crippen molar-refractivity contribution in [2.24, 2.45) is 0 Å². The zero-order valence-electron chi connectivity index (χ0n) is 19.0. The van der Waals surface area contributed by atoms with Crippen LogP contribution in [0.3, 0.4) is 0 Å². The van der Waals surface area contributed by atoms with Gasteiger partial charge in [0.05, 0.1) is 24.2 Å². The number of nitrogens with one attached hydrogen (secondary N) is 1. The van der Waals surface area contributed by atoms with Crippen LogP contribution in [0.25, 0.3) is 11.0 Å². The Bertz CT molecular complexity index is 1250. The van der Waals surface area contributed by atoms with Crippen molar-refractivity contribution in [1.29, 1.82) is 0 Å². The van der Waals surface area contributed by atoms with Gasteiger partial charge < -0.3 is 14.6 Å². The number of hydrogen-bond acceptors (Lipinski definition) is 3. The third-order valence-electron chi connectivity index (χ3n) is 5.47. The molecule has 0 unspecified atom stereocenters. The van der Waals surface area contributed by atoms with Gasteiger partial charge >= 0.3 is 0 Å². The van der Waals surface area contributed by atoms with Crippen LogP contribution >= 0.6 is 11.6 Å². The molecule has 170 valence electrons. The summed E-state index contributed by atoms with van der Waals surface area (Å²) >= 11 is 6.02. The highest BCUT2D eigenvalue weighted by Gasteiger charge is 2.12. The van der Waals surface area contributed by atoms with E-state index in [1.165, 1.54) is 11.1 Å². The number of benzene rings is 3. The van der Waals surface area contributed by atoms with Gasteiger partial charge in [-0.25, -0.2) is 4.98 Å². The summed E-state index contributed by atoms with van der Waals surface area (Å²) in [6, 6.07) is 21.3. The second-order valence-corrected chi connectivity index (χ2v) is 8.68. The first-order valence-electron chi connectivity index (χ1n) is 11.2. The van der Waals surface area contributed by atoms with Crippen molar-refractivity contribution in [3.63, 3.8) is 0 Å². The van der Waals surface area contributed by atoms with E-state index in [4.69, 9.17) is 21.3 Å². The summed E-state index contributed by atoms with van der Waals surface area (Å²) in [5.41, 5.74) is 4.95. The molecule has 0 bridgehead atoms. The quantitative estimate of drug-likeness (QED) is 0.306. The second kappa shape index (κ2) is 10.5. The highest BCUT2D eigenvalue weighted by Crippen LogP contribution is 2.19. The Morgan fingerprint density at radius 3 is 2.58 bits per heavy atom. The zero-order chi connectivity index (χ0) is 23.2. The van der Waals surface area contributed by atoms with Gasteiger partial charge in [0.1, 0.15) is 11.6 Å². The average Bonchev–Trinajstić information content (AvgIpc) is 3.14. The Labute approximate surface area is 199 Å². The molecule has 1 amide bonds. The number of amides is 1. The molecule has 4 aromatic rings. The number of carbonyl (C=O) groups is 1. The highest BCUT2D eigenvalue weighted by molar-refractivity contribution is 6.30. The first kappa shape index (κ1) is 22.9. The van der Waals surface area contributed by atoms with Crippen molar-refractivity contribution in [3.05, 3.63) is 94.3 Å². The maximum Gasteiger partial charge on any atom is 0.251 e. The fourth-order valence-electron chi connectivity index (χ4n) is 3.98. The molecule has 1 heterocycles. The molecule has 0 aliphatic carbocycles. The van der Waals surface area contributed by atoms with Crippen LogP contribution in [-0.2, 0) is 13.1 Å². The first-order chi connectivity index (χ1) is 16.0. The predicted molar refractivity (Wildman–Crippen MR) is 133 cm³/mol. The summed E-state index contributed by atoms with van der Waals surface area (Å²) in [6.45, 7) is 5.97. The number of para-hydroxylation sites is 2. The van der Waals surface area contributed by atoms with E-state index in [1.807, 2.05) is 18.2 Å². The van der Waals surface area contributed by atoms with E-state index in [9.17, 15) is 4.79 Å². The zero-order valence-corrected chi connectivity index (χ0v) is 19.7. The fraction of sp³-hybridized carbons (Fsp3) is 0.259. The summed E-state index contributed by atoms with van der Waals surface area (Å²) in [4.78, 5) is 17.3. The molecule has 0 aliphatic heterocycles. The maximum absolute atomic E-state index is 12.6. The second-order valence-electron chi connectivity index (χ2n) is 8.24. The van der Waals surface area contributed by atoms with Crippen LogP contribution in [0.4, 0.5) is 0 Å². The molecular formula is C27H28ClN3O2. The van der Waals surface area contributed by atoms with Crippen molar-refractivity contribution in [2.75, 3.05) is 6.61 Å². The molecule has 0 atom stereocenters. The topological polar surface area (TPSA) is 56.1 Å². The SMILES string of the molecule is Cc1cc(C)cc(OCCCCn2c(CNC(=O)c3cccc(Cl)c3)nc3ccccc32)c1. The Balaban J connectivity index is 1.38. The van der Waals surface area contributed by atoms with Gasteiger partial charge in [0.25, 0.3) is 5.91 Å². The Morgan fingerprint density at radius 1 is 1.00 bits per heavy atom. The molecule has 0 radical (unpaired) electrons. The van der Waals surface area contributed by atoms with E-state index in [0.29, 0.717) is 23.7 Å². The molecule has 33 heavy (non-hydrogen) atoms. The number of unbranched alkanes of at least 4 members (excludes halogenated alkanes) is 1. The first-order valence-corrected chi connectivity index (χ1v) is 11.6. The van der Waals surface area contributed by atoms with Gasteiger partial charge in [0.15, 0.2) is 0 Å². The molecule has 0 fully saturated rings. The number of aromatic nitrogens is 2. The maximum atomic E-state index is 12.6. The molecule has 0 spiro atoms. The van der Waals surface area contributed by atoms with Gasteiger partial charge in [0, 0.05) is 17.1 Å². The lowest BCUT2D eigenvalue weighted by Crippen LogP contribution is -2.24. The van der Waals surface area contributed by atoms with Crippen LogP contribution in [0.2, 0.25) is 5.02 Å². The molecule has 0 saturated carbocycles. The third kappa shape index (κ3) is 5.93. The van der Waals surface area contributed by atoms with Crippen LogP contribution in [-0.4, -0.2) is 22.1 Å². The van der Waals surface area contributed by atoms with Crippen molar-refractivity contribution >= 4 is 28.5 Å². The smallest absolute Gasteiger partial charge is 0.251 e. The van der Waals surface area contributed by atoms with Crippen molar-refractivity contribution in [2.45, 2.75) is 39.8 Å². The minimum absolute atomic E-state index is 0.169. The molecule has 5 nitrogen and oxygen atoms in total. The number of rotatable bonds is 9. The lowest BCUT2D eigenvalue weighted by molar-refractivity contribution is 0.0949. The van der Waals surface area contributed by atoms with Gasteiger partial charge in [-0.1, -0.05) is 35.9 Å². The summed E-state index contributed by atoms with van der Waals surface area (Å²) in [5, 5.41) is 3.51. The molecule has 1 N–H and O–H groups in total. The summed E-state index contributed by atoms with van der Waals surface area (Å²) in [6.07, 6.45) is 1.87. The number of nitrogens with zero attached hydrogens (tertiary/aromatic N) is 2. The van der Waals surface area contributed by atoms with Crippen molar-refractivity contribution in [1.82, 2.24) is 14.9 Å². The van der Waals surface area contributed by atoms with Crippen LogP contribution in [0.5, 0.6) is 5.75 Å². The van der Waals surface area contributed by atoms with Crippen LogP contribution in [0.15, 0.2) is 66.7 Å². The van der Waals surface area contributed by atoms with Crippen molar-refractivity contribution in [3.8, 4) is 5.75 Å². The molecule has 6 heteroatoms. The normalized spacial score (nSPS) is 11.0. The van der Waals surface area contributed by atoms with Crippen LogP contribution < -0.4 is 10.1 Å². The van der Waals surface area contributed by atoms with Gasteiger partial charge in [-0.05, 0) is 80.3 Å². The number of halogens is 1. The van der Waals surface area contributed by atoms with E-state index in [0.717, 1.165) is 42.0 Å². The van der Waals surface area contributed by atoms with Crippen LogP contribution in [0.1, 0.15) is 40.2 Å². The number of imidazole rings is 1. The Morgan fingerprint density at radius 2 is 1.79 bits per heavy atom. The van der Waals surface area contributed by atoms with Gasteiger partial charge in [-0.3, -0.25) is 4.79 Å². The van der Waals surface area contributed by atoms with Gasteiger partial charge in [-0.15, -0.1) is 0 Å². The number of ether oxygens (including phenoxy) is 1. The Kier molecular flexibility index (Phi) is 7.30. The number of aryl methyl sites for hydroxylation is 3. The summed E-state index contributed by atoms with van der Waals surface area (Å²) < 4.78 is 8.13. The predicted octanol–water partition coefficient (Wildman–Crippen LogP) is 6.10. The van der Waals surface area contributed by atoms with Gasteiger partial charge in [0.2, 0.25) is 0 Å². The molecule has 0 saturated heterocycles. The summed E-state index contributed by atoms with van der Waals surface area (Å²) in [5.74, 6) is 1.59. The molecule has 4 rings (SSSR count).